The number of nitrogens with zero attached hydrogens (tertiary/aromatic N) is 1. The first-order valence-corrected chi connectivity index (χ1v) is 7.09. The van der Waals surface area contributed by atoms with E-state index in [1.165, 1.54) is 0 Å². The molecule has 0 spiro atoms. The Morgan fingerprint density at radius 1 is 1.55 bits per heavy atom. The minimum Gasteiger partial charge on any atom is -0.396 e. The molecule has 1 aromatic rings. The molecular weight excluding hydrogens is 252 g/mol. The molecule has 1 heterocycles. The first-order chi connectivity index (χ1) is 9.74. The second-order valence-corrected chi connectivity index (χ2v) is 5.19. The lowest BCUT2D eigenvalue weighted by Gasteiger charge is -2.32. The molecule has 0 aromatic heterocycles. The van der Waals surface area contributed by atoms with Gasteiger partial charge in [0.25, 0.3) is 5.91 Å². The van der Waals surface area contributed by atoms with Gasteiger partial charge in [-0.2, -0.15) is 0 Å². The molecule has 2 rings (SSSR count). The van der Waals surface area contributed by atoms with E-state index in [0.717, 1.165) is 25.1 Å². The molecule has 1 unspecified atom stereocenters. The highest BCUT2D eigenvalue weighted by Gasteiger charge is 2.23. The first-order valence-electron chi connectivity index (χ1n) is 7.09. The van der Waals surface area contributed by atoms with E-state index in [0.29, 0.717) is 18.7 Å². The number of nitrogens with one attached hydrogen (secondary N) is 1. The number of piperidine rings is 1. The predicted octanol–water partition coefficient (Wildman–Crippen LogP) is 2.13. The summed E-state index contributed by atoms with van der Waals surface area (Å²) in [5.74, 6) is 0.264. The highest BCUT2D eigenvalue weighted by molar-refractivity contribution is 5.95. The summed E-state index contributed by atoms with van der Waals surface area (Å²) in [5.41, 5.74) is 1.61. The molecule has 4 nitrogen and oxygen atoms in total. The molecule has 0 aliphatic carbocycles. The maximum absolute atomic E-state index is 12.5. The first kappa shape index (κ1) is 14.6. The van der Waals surface area contributed by atoms with Crippen molar-refractivity contribution in [2.24, 2.45) is 5.92 Å². The molecule has 2 N–H and O–H groups in total. The zero-order valence-corrected chi connectivity index (χ0v) is 11.7. The number of aliphatic hydroxyl groups excluding tert-OH is 1. The standard InChI is InChI=1S/C16H22N2O2/c1-2-8-17-15-7-3-6-14(10-15)16(20)18-9-4-5-13(11-18)12-19/h2-3,6-7,10,13,17,19H,1,4-5,8-9,11-12H2. The number of carbonyl (C=O) groups is 1. The minimum absolute atomic E-state index is 0.0467. The maximum Gasteiger partial charge on any atom is 0.253 e. The van der Waals surface area contributed by atoms with Gasteiger partial charge < -0.3 is 15.3 Å². The smallest absolute Gasteiger partial charge is 0.253 e. The fourth-order valence-electron chi connectivity index (χ4n) is 2.53. The molecule has 1 aliphatic rings. The number of amides is 1. The summed E-state index contributed by atoms with van der Waals surface area (Å²) >= 11 is 0. The van der Waals surface area contributed by atoms with Crippen molar-refractivity contribution in [1.82, 2.24) is 4.90 Å². The SMILES string of the molecule is C=CCNc1cccc(C(=O)N2CCCC(CO)C2)c1. The van der Waals surface area contributed by atoms with Crippen LogP contribution in [0.25, 0.3) is 0 Å². The van der Waals surface area contributed by atoms with Crippen molar-refractivity contribution in [2.75, 3.05) is 31.6 Å². The van der Waals surface area contributed by atoms with Gasteiger partial charge in [0.15, 0.2) is 0 Å². The molecule has 4 heteroatoms. The molecule has 0 bridgehead atoms. The normalized spacial score (nSPS) is 18.6. The zero-order chi connectivity index (χ0) is 14.4. The molecule has 20 heavy (non-hydrogen) atoms. The molecule has 108 valence electrons. The Hall–Kier alpha value is -1.81. The number of hydrogen-bond donors (Lipinski definition) is 2. The molecule has 0 saturated carbocycles. The van der Waals surface area contributed by atoms with Crippen molar-refractivity contribution in [3.8, 4) is 0 Å². The Kier molecular flexibility index (Phi) is 5.18. The van der Waals surface area contributed by atoms with Crippen LogP contribution in [0.5, 0.6) is 0 Å². The summed E-state index contributed by atoms with van der Waals surface area (Å²) in [6.07, 6.45) is 3.75. The Labute approximate surface area is 120 Å². The Bertz CT molecular complexity index is 473. The van der Waals surface area contributed by atoms with Gasteiger partial charge in [-0.25, -0.2) is 0 Å². The van der Waals surface area contributed by atoms with Crippen LogP contribution in [0, 0.1) is 5.92 Å². The molecule has 1 fully saturated rings. The average Bonchev–Trinajstić information content (AvgIpc) is 2.52. The van der Waals surface area contributed by atoms with Crippen molar-refractivity contribution >= 4 is 11.6 Å². The lowest BCUT2D eigenvalue weighted by molar-refractivity contribution is 0.0621. The van der Waals surface area contributed by atoms with E-state index in [1.807, 2.05) is 29.2 Å². The van der Waals surface area contributed by atoms with Crippen molar-refractivity contribution < 1.29 is 9.90 Å². The molecule has 1 amide bonds. The fraction of sp³-hybridized carbons (Fsp3) is 0.438. The van der Waals surface area contributed by atoms with E-state index < -0.39 is 0 Å². The van der Waals surface area contributed by atoms with E-state index in [2.05, 4.69) is 11.9 Å². The monoisotopic (exact) mass is 274 g/mol. The Morgan fingerprint density at radius 3 is 3.15 bits per heavy atom. The number of likely N-dealkylation sites (tertiary alicyclic amines) is 1. The van der Waals surface area contributed by atoms with Crippen LogP contribution in [0.15, 0.2) is 36.9 Å². The van der Waals surface area contributed by atoms with Gasteiger partial charge in [0.05, 0.1) is 0 Å². The van der Waals surface area contributed by atoms with Crippen molar-refractivity contribution in [3.05, 3.63) is 42.5 Å². The van der Waals surface area contributed by atoms with Crippen molar-refractivity contribution in [3.63, 3.8) is 0 Å². The van der Waals surface area contributed by atoms with E-state index in [4.69, 9.17) is 0 Å². The topological polar surface area (TPSA) is 52.6 Å². The third-order valence-corrected chi connectivity index (χ3v) is 3.62. The highest BCUT2D eigenvalue weighted by Crippen LogP contribution is 2.19. The second-order valence-electron chi connectivity index (χ2n) is 5.19. The van der Waals surface area contributed by atoms with E-state index >= 15 is 0 Å². The van der Waals surface area contributed by atoms with Crippen LogP contribution in [0.3, 0.4) is 0 Å². The summed E-state index contributed by atoms with van der Waals surface area (Å²) < 4.78 is 0. The van der Waals surface area contributed by atoms with Crippen LogP contribution in [0.2, 0.25) is 0 Å². The number of rotatable bonds is 5. The van der Waals surface area contributed by atoms with Gasteiger partial charge in [0.2, 0.25) is 0 Å². The van der Waals surface area contributed by atoms with Gasteiger partial charge in [-0.05, 0) is 37.0 Å². The van der Waals surface area contributed by atoms with E-state index in [9.17, 15) is 9.90 Å². The summed E-state index contributed by atoms with van der Waals surface area (Å²) in [7, 11) is 0. The summed E-state index contributed by atoms with van der Waals surface area (Å²) in [4.78, 5) is 14.3. The summed E-state index contributed by atoms with van der Waals surface area (Å²) in [6, 6.07) is 7.53. The molecule has 0 radical (unpaired) electrons. The van der Waals surface area contributed by atoms with E-state index in [-0.39, 0.29) is 18.4 Å². The zero-order valence-electron chi connectivity index (χ0n) is 11.7. The van der Waals surface area contributed by atoms with Gasteiger partial charge in [-0.15, -0.1) is 6.58 Å². The lowest BCUT2D eigenvalue weighted by Crippen LogP contribution is -2.40. The van der Waals surface area contributed by atoms with Crippen molar-refractivity contribution in [1.29, 1.82) is 0 Å². The number of benzene rings is 1. The molecular formula is C16H22N2O2. The van der Waals surface area contributed by atoms with Gasteiger partial charge in [0, 0.05) is 37.5 Å². The van der Waals surface area contributed by atoms with Crippen LogP contribution >= 0.6 is 0 Å². The predicted molar refractivity (Wildman–Crippen MR) is 80.8 cm³/mol. The average molecular weight is 274 g/mol. The third-order valence-electron chi connectivity index (χ3n) is 3.62. The van der Waals surface area contributed by atoms with Crippen LogP contribution < -0.4 is 5.32 Å². The minimum atomic E-state index is 0.0467. The van der Waals surface area contributed by atoms with Gasteiger partial charge >= 0.3 is 0 Å². The fourth-order valence-corrected chi connectivity index (χ4v) is 2.53. The second kappa shape index (κ2) is 7.10. The van der Waals surface area contributed by atoms with Crippen molar-refractivity contribution in [2.45, 2.75) is 12.8 Å². The molecule has 1 aliphatic heterocycles. The quantitative estimate of drug-likeness (QED) is 0.809. The lowest BCUT2D eigenvalue weighted by atomic mass is 9.98. The molecule has 1 aromatic carbocycles. The number of carbonyl (C=O) groups excluding carboxylic acids is 1. The third kappa shape index (κ3) is 3.61. The van der Waals surface area contributed by atoms with Crippen LogP contribution in [0.1, 0.15) is 23.2 Å². The largest absolute Gasteiger partial charge is 0.396 e. The summed E-state index contributed by atoms with van der Waals surface area (Å²) in [6.45, 7) is 5.92. The number of aliphatic hydroxyl groups is 1. The van der Waals surface area contributed by atoms with Gasteiger partial charge in [-0.1, -0.05) is 12.1 Å². The number of anilines is 1. The molecule has 1 saturated heterocycles. The maximum atomic E-state index is 12.5. The van der Waals surface area contributed by atoms with Gasteiger partial charge in [0.1, 0.15) is 0 Å². The highest BCUT2D eigenvalue weighted by atomic mass is 16.3. The Balaban J connectivity index is 2.06. The summed E-state index contributed by atoms with van der Waals surface area (Å²) in [5, 5.41) is 12.4. The van der Waals surface area contributed by atoms with Crippen LogP contribution in [-0.2, 0) is 0 Å². The van der Waals surface area contributed by atoms with Crippen LogP contribution in [0.4, 0.5) is 5.69 Å². The molecule has 1 atom stereocenters. The van der Waals surface area contributed by atoms with Gasteiger partial charge in [-0.3, -0.25) is 4.79 Å². The Morgan fingerprint density at radius 2 is 2.40 bits per heavy atom. The van der Waals surface area contributed by atoms with E-state index in [1.54, 1.807) is 6.08 Å². The number of hydrogen-bond acceptors (Lipinski definition) is 3. The van der Waals surface area contributed by atoms with Crippen LogP contribution in [-0.4, -0.2) is 42.2 Å².